The molecule has 2 rings (SSSR count). The highest BCUT2D eigenvalue weighted by atomic mass is 35.5. The third-order valence-electron chi connectivity index (χ3n) is 3.52. The Labute approximate surface area is 123 Å². The zero-order valence-electron chi connectivity index (χ0n) is 11.5. The number of hydrogen-bond donors (Lipinski definition) is 0. The first-order chi connectivity index (χ1) is 9.61. The summed E-state index contributed by atoms with van der Waals surface area (Å²) >= 11 is 5.91. The first-order valence-electron chi connectivity index (χ1n) is 6.75. The number of hydrogen-bond acceptors (Lipinski definition) is 2. The zero-order valence-corrected chi connectivity index (χ0v) is 12.2. The van der Waals surface area contributed by atoms with Gasteiger partial charge in [-0.05, 0) is 24.8 Å². The Balaban J connectivity index is 2.00. The molecule has 0 N–H and O–H groups in total. The lowest BCUT2D eigenvalue weighted by molar-refractivity contribution is -0.127. The van der Waals surface area contributed by atoms with E-state index in [9.17, 15) is 9.18 Å². The van der Waals surface area contributed by atoms with Gasteiger partial charge in [0, 0.05) is 37.8 Å². The van der Waals surface area contributed by atoms with Crippen LogP contribution in [-0.2, 0) is 4.79 Å². The van der Waals surface area contributed by atoms with E-state index in [0.29, 0.717) is 18.1 Å². The molecule has 0 bridgehead atoms. The molecule has 0 saturated carbocycles. The highest BCUT2D eigenvalue weighted by Crippen LogP contribution is 2.20. The second-order valence-electron chi connectivity index (χ2n) is 4.73. The van der Waals surface area contributed by atoms with Crippen LogP contribution in [0.1, 0.15) is 12.5 Å². The molecule has 0 unspecified atom stereocenters. The van der Waals surface area contributed by atoms with Gasteiger partial charge in [-0.15, -0.1) is 0 Å². The smallest absolute Gasteiger partial charge is 0.246 e. The molecule has 20 heavy (non-hydrogen) atoms. The van der Waals surface area contributed by atoms with Gasteiger partial charge in [0.1, 0.15) is 5.82 Å². The van der Waals surface area contributed by atoms with E-state index in [4.69, 9.17) is 11.6 Å². The Morgan fingerprint density at radius 1 is 1.35 bits per heavy atom. The summed E-state index contributed by atoms with van der Waals surface area (Å²) in [7, 11) is 0. The van der Waals surface area contributed by atoms with Gasteiger partial charge in [-0.25, -0.2) is 4.39 Å². The fourth-order valence-corrected chi connectivity index (χ4v) is 2.44. The van der Waals surface area contributed by atoms with Gasteiger partial charge in [-0.1, -0.05) is 24.6 Å². The molecule has 0 spiro atoms. The van der Waals surface area contributed by atoms with Crippen LogP contribution in [0.25, 0.3) is 6.08 Å². The van der Waals surface area contributed by atoms with Gasteiger partial charge in [0.25, 0.3) is 0 Å². The van der Waals surface area contributed by atoms with Gasteiger partial charge >= 0.3 is 0 Å². The van der Waals surface area contributed by atoms with Gasteiger partial charge in [-0.2, -0.15) is 0 Å². The molecule has 0 aromatic heterocycles. The molecule has 3 nitrogen and oxygen atoms in total. The summed E-state index contributed by atoms with van der Waals surface area (Å²) in [5, 5.41) is 0.310. The van der Waals surface area contributed by atoms with E-state index < -0.39 is 5.82 Å². The molecule has 0 radical (unpaired) electrons. The third kappa shape index (κ3) is 3.58. The number of benzene rings is 1. The summed E-state index contributed by atoms with van der Waals surface area (Å²) in [6.07, 6.45) is 2.85. The number of nitrogens with zero attached hydrogens (tertiary/aromatic N) is 2. The topological polar surface area (TPSA) is 23.6 Å². The monoisotopic (exact) mass is 296 g/mol. The van der Waals surface area contributed by atoms with Crippen molar-refractivity contribution < 1.29 is 9.18 Å². The Morgan fingerprint density at radius 3 is 2.65 bits per heavy atom. The third-order valence-corrected chi connectivity index (χ3v) is 3.85. The van der Waals surface area contributed by atoms with Crippen molar-refractivity contribution in [1.29, 1.82) is 0 Å². The maximum atomic E-state index is 13.6. The number of rotatable bonds is 3. The van der Waals surface area contributed by atoms with Crippen LogP contribution in [-0.4, -0.2) is 48.4 Å². The van der Waals surface area contributed by atoms with E-state index >= 15 is 0 Å². The molecular weight excluding hydrogens is 279 g/mol. The molecule has 1 amide bonds. The molecule has 108 valence electrons. The highest BCUT2D eigenvalue weighted by Gasteiger charge is 2.18. The lowest BCUT2D eigenvalue weighted by Crippen LogP contribution is -2.48. The van der Waals surface area contributed by atoms with E-state index in [2.05, 4.69) is 11.8 Å². The van der Waals surface area contributed by atoms with Gasteiger partial charge in [0.2, 0.25) is 5.91 Å². The van der Waals surface area contributed by atoms with Gasteiger partial charge in [-0.3, -0.25) is 4.79 Å². The van der Waals surface area contributed by atoms with Gasteiger partial charge < -0.3 is 9.80 Å². The summed E-state index contributed by atoms with van der Waals surface area (Å²) in [6, 6.07) is 4.48. The summed E-state index contributed by atoms with van der Waals surface area (Å²) < 4.78 is 13.6. The number of likely N-dealkylation sites (N-methyl/N-ethyl adjacent to an activating group) is 1. The SMILES string of the molecule is CCN1CCN(C(=O)/C=C\c2c(F)cccc2Cl)CC1. The van der Waals surface area contributed by atoms with Crippen LogP contribution < -0.4 is 0 Å². The van der Waals surface area contributed by atoms with Crippen molar-refractivity contribution in [3.05, 3.63) is 40.7 Å². The number of halogens is 2. The van der Waals surface area contributed by atoms with Crippen LogP contribution in [0.5, 0.6) is 0 Å². The van der Waals surface area contributed by atoms with Gasteiger partial charge in [0.15, 0.2) is 0 Å². The summed E-state index contributed by atoms with van der Waals surface area (Å²) in [6.45, 7) is 6.30. The Kier molecular flexibility index (Phi) is 5.15. The van der Waals surface area contributed by atoms with E-state index in [1.54, 1.807) is 17.0 Å². The maximum Gasteiger partial charge on any atom is 0.246 e. The van der Waals surface area contributed by atoms with Crippen molar-refractivity contribution >= 4 is 23.6 Å². The van der Waals surface area contributed by atoms with Crippen molar-refractivity contribution in [2.45, 2.75) is 6.92 Å². The van der Waals surface area contributed by atoms with Crippen LogP contribution in [0.3, 0.4) is 0 Å². The van der Waals surface area contributed by atoms with Crippen LogP contribution in [0.15, 0.2) is 24.3 Å². The van der Waals surface area contributed by atoms with Crippen molar-refractivity contribution in [2.24, 2.45) is 0 Å². The normalized spacial score (nSPS) is 16.9. The number of carbonyl (C=O) groups is 1. The molecule has 1 aliphatic rings. The van der Waals surface area contributed by atoms with E-state index in [1.807, 2.05) is 0 Å². The van der Waals surface area contributed by atoms with Crippen LogP contribution in [0.4, 0.5) is 4.39 Å². The molecule has 1 aromatic rings. The summed E-state index contributed by atoms with van der Waals surface area (Å²) in [5.41, 5.74) is 0.259. The minimum absolute atomic E-state index is 0.0972. The average molecular weight is 297 g/mol. The second-order valence-corrected chi connectivity index (χ2v) is 5.14. The molecule has 1 saturated heterocycles. The fourth-order valence-electron chi connectivity index (χ4n) is 2.21. The molecule has 0 aliphatic carbocycles. The summed E-state index contributed by atoms with van der Waals surface area (Å²) in [5.74, 6) is -0.516. The fraction of sp³-hybridized carbons (Fsp3) is 0.400. The Bertz CT molecular complexity index is 490. The van der Waals surface area contributed by atoms with Crippen LogP contribution in [0.2, 0.25) is 5.02 Å². The number of carbonyl (C=O) groups excluding carboxylic acids is 1. The first kappa shape index (κ1) is 15.0. The number of amides is 1. The Morgan fingerprint density at radius 2 is 2.05 bits per heavy atom. The molecule has 0 atom stereocenters. The molecule has 1 heterocycles. The number of piperazine rings is 1. The predicted molar refractivity (Wildman–Crippen MR) is 79.1 cm³/mol. The van der Waals surface area contributed by atoms with Crippen LogP contribution >= 0.6 is 11.6 Å². The Hall–Kier alpha value is -1.39. The standard InChI is InChI=1S/C15H18ClFN2O/c1-2-18-8-10-19(11-9-18)15(20)7-6-12-13(16)4-3-5-14(12)17/h3-7H,2,8-11H2,1H3/b7-6-. The molecule has 1 aromatic carbocycles. The van der Waals surface area contributed by atoms with Gasteiger partial charge in [0.05, 0.1) is 5.02 Å². The average Bonchev–Trinajstić information content (AvgIpc) is 2.46. The van der Waals surface area contributed by atoms with Crippen molar-refractivity contribution in [2.75, 3.05) is 32.7 Å². The molecular formula is C15H18ClFN2O. The van der Waals surface area contributed by atoms with Crippen molar-refractivity contribution in [3.8, 4) is 0 Å². The highest BCUT2D eigenvalue weighted by molar-refractivity contribution is 6.32. The van der Waals surface area contributed by atoms with Crippen molar-refractivity contribution in [3.63, 3.8) is 0 Å². The largest absolute Gasteiger partial charge is 0.337 e. The predicted octanol–water partition coefficient (Wildman–Crippen LogP) is 2.66. The molecule has 1 aliphatic heterocycles. The lowest BCUT2D eigenvalue weighted by Gasteiger charge is -2.33. The van der Waals surface area contributed by atoms with E-state index in [-0.39, 0.29) is 11.5 Å². The molecule has 5 heteroatoms. The quantitative estimate of drug-likeness (QED) is 0.801. The van der Waals surface area contributed by atoms with E-state index in [0.717, 1.165) is 19.6 Å². The molecule has 1 fully saturated rings. The van der Waals surface area contributed by atoms with E-state index in [1.165, 1.54) is 18.2 Å². The first-order valence-corrected chi connectivity index (χ1v) is 7.13. The van der Waals surface area contributed by atoms with Crippen LogP contribution in [0, 0.1) is 5.82 Å². The zero-order chi connectivity index (χ0) is 14.5. The minimum atomic E-state index is -0.419. The minimum Gasteiger partial charge on any atom is -0.337 e. The lowest BCUT2D eigenvalue weighted by atomic mass is 10.2. The summed E-state index contributed by atoms with van der Waals surface area (Å²) in [4.78, 5) is 16.1. The maximum absolute atomic E-state index is 13.6. The van der Waals surface area contributed by atoms with Crippen molar-refractivity contribution in [1.82, 2.24) is 9.80 Å². The second kappa shape index (κ2) is 6.86.